The molecule has 0 aliphatic rings. The molecule has 3 aromatic carbocycles. The van der Waals surface area contributed by atoms with Crippen LogP contribution in [0.2, 0.25) is 0 Å². The number of aryl methyl sites for hydroxylation is 2. The van der Waals surface area contributed by atoms with E-state index < -0.39 is 0 Å². The van der Waals surface area contributed by atoms with Crippen LogP contribution in [0.5, 0.6) is 5.75 Å². The van der Waals surface area contributed by atoms with E-state index in [2.05, 4.69) is 40.2 Å². The Bertz CT molecular complexity index is 1350. The number of imidazole rings is 1. The molecule has 148 valence electrons. The summed E-state index contributed by atoms with van der Waals surface area (Å²) in [6.45, 7) is 4.05. The van der Waals surface area contributed by atoms with Crippen molar-refractivity contribution >= 4 is 11.0 Å². The van der Waals surface area contributed by atoms with Gasteiger partial charge in [0.05, 0.1) is 18.1 Å². The molecule has 5 aromatic rings. The standard InChI is InChI=1S/C24H20N4O2/c1-14-4-10-19-20(12-14)26-22(25-19)16-5-7-17(8-6-16)23-27-24(30-28-23)18-9-11-21(29-3)15(2)13-18/h4-13H,1-3H3,(H,25,26). The maximum Gasteiger partial charge on any atom is 0.258 e. The first-order chi connectivity index (χ1) is 14.6. The van der Waals surface area contributed by atoms with E-state index in [9.17, 15) is 0 Å². The molecule has 0 fully saturated rings. The zero-order valence-electron chi connectivity index (χ0n) is 16.9. The minimum absolute atomic E-state index is 0.479. The summed E-state index contributed by atoms with van der Waals surface area (Å²) in [7, 11) is 1.66. The number of H-pyrrole nitrogens is 1. The van der Waals surface area contributed by atoms with Crippen molar-refractivity contribution in [3.8, 4) is 40.0 Å². The first-order valence-electron chi connectivity index (χ1n) is 9.66. The van der Waals surface area contributed by atoms with Crippen molar-refractivity contribution in [3.63, 3.8) is 0 Å². The van der Waals surface area contributed by atoms with Gasteiger partial charge in [-0.1, -0.05) is 35.5 Å². The topological polar surface area (TPSA) is 76.8 Å². The van der Waals surface area contributed by atoms with E-state index in [1.54, 1.807) is 7.11 Å². The molecule has 0 saturated heterocycles. The van der Waals surface area contributed by atoms with Gasteiger partial charge in [0.2, 0.25) is 5.82 Å². The third-order valence-corrected chi connectivity index (χ3v) is 5.12. The fourth-order valence-corrected chi connectivity index (χ4v) is 3.50. The molecule has 1 N–H and O–H groups in total. The van der Waals surface area contributed by atoms with Gasteiger partial charge < -0.3 is 14.2 Å². The van der Waals surface area contributed by atoms with Crippen molar-refractivity contribution in [3.05, 3.63) is 71.8 Å². The lowest BCUT2D eigenvalue weighted by Crippen LogP contribution is -1.88. The van der Waals surface area contributed by atoms with Gasteiger partial charge in [-0.05, 0) is 55.3 Å². The lowest BCUT2D eigenvalue weighted by Gasteiger charge is -2.04. The van der Waals surface area contributed by atoms with Crippen molar-refractivity contribution in [2.75, 3.05) is 7.11 Å². The number of methoxy groups -OCH3 is 1. The van der Waals surface area contributed by atoms with Crippen LogP contribution in [0.1, 0.15) is 11.1 Å². The zero-order chi connectivity index (χ0) is 20.7. The fraction of sp³-hybridized carbons (Fsp3) is 0.125. The van der Waals surface area contributed by atoms with E-state index in [-0.39, 0.29) is 0 Å². The van der Waals surface area contributed by atoms with Gasteiger partial charge in [0, 0.05) is 16.7 Å². The summed E-state index contributed by atoms with van der Waals surface area (Å²) in [5, 5.41) is 4.14. The summed E-state index contributed by atoms with van der Waals surface area (Å²) >= 11 is 0. The highest BCUT2D eigenvalue weighted by Gasteiger charge is 2.13. The van der Waals surface area contributed by atoms with Gasteiger partial charge in [0.25, 0.3) is 5.89 Å². The average Bonchev–Trinajstić information content (AvgIpc) is 3.41. The van der Waals surface area contributed by atoms with Gasteiger partial charge in [-0.25, -0.2) is 4.98 Å². The number of ether oxygens (including phenoxy) is 1. The Morgan fingerprint density at radius 2 is 1.60 bits per heavy atom. The molecule has 0 aliphatic carbocycles. The van der Waals surface area contributed by atoms with Crippen LogP contribution < -0.4 is 4.74 Å². The summed E-state index contributed by atoms with van der Waals surface area (Å²) in [5.74, 6) is 2.69. The van der Waals surface area contributed by atoms with Gasteiger partial charge in [0.1, 0.15) is 11.6 Å². The van der Waals surface area contributed by atoms with Crippen molar-refractivity contribution in [1.29, 1.82) is 0 Å². The molecule has 6 heteroatoms. The van der Waals surface area contributed by atoms with Crippen molar-refractivity contribution in [2.45, 2.75) is 13.8 Å². The summed E-state index contributed by atoms with van der Waals surface area (Å²) in [6.07, 6.45) is 0. The Morgan fingerprint density at radius 1 is 0.833 bits per heavy atom. The predicted molar refractivity (Wildman–Crippen MR) is 116 cm³/mol. The first-order valence-corrected chi connectivity index (χ1v) is 9.66. The van der Waals surface area contributed by atoms with E-state index >= 15 is 0 Å². The number of nitrogens with one attached hydrogen (secondary N) is 1. The van der Waals surface area contributed by atoms with Gasteiger partial charge in [-0.15, -0.1) is 0 Å². The quantitative estimate of drug-likeness (QED) is 0.430. The monoisotopic (exact) mass is 396 g/mol. The number of hydrogen-bond acceptors (Lipinski definition) is 5. The van der Waals surface area contributed by atoms with E-state index in [4.69, 9.17) is 14.2 Å². The van der Waals surface area contributed by atoms with Crippen LogP contribution in [0, 0.1) is 13.8 Å². The number of fused-ring (bicyclic) bond motifs is 1. The fourth-order valence-electron chi connectivity index (χ4n) is 3.50. The number of nitrogens with zero attached hydrogens (tertiary/aromatic N) is 3. The lowest BCUT2D eigenvalue weighted by molar-refractivity contribution is 0.411. The van der Waals surface area contributed by atoms with Gasteiger partial charge in [0.15, 0.2) is 0 Å². The third-order valence-electron chi connectivity index (χ3n) is 5.12. The lowest BCUT2D eigenvalue weighted by atomic mass is 10.1. The molecule has 0 unspecified atom stereocenters. The first kappa shape index (κ1) is 18.1. The van der Waals surface area contributed by atoms with Crippen LogP contribution >= 0.6 is 0 Å². The molecule has 0 radical (unpaired) electrons. The molecular formula is C24H20N4O2. The summed E-state index contributed by atoms with van der Waals surface area (Å²) in [5.41, 5.74) is 6.94. The molecule has 30 heavy (non-hydrogen) atoms. The number of hydrogen-bond donors (Lipinski definition) is 1. The van der Waals surface area contributed by atoms with Gasteiger partial charge >= 0.3 is 0 Å². The summed E-state index contributed by atoms with van der Waals surface area (Å²) < 4.78 is 10.8. The highest BCUT2D eigenvalue weighted by molar-refractivity contribution is 5.80. The number of aromatic nitrogens is 4. The molecule has 5 rings (SSSR count). The highest BCUT2D eigenvalue weighted by atomic mass is 16.5. The maximum absolute atomic E-state index is 5.48. The largest absolute Gasteiger partial charge is 0.496 e. The van der Waals surface area contributed by atoms with Crippen LogP contribution in [-0.2, 0) is 0 Å². The molecule has 0 amide bonds. The molecule has 0 bridgehead atoms. The minimum atomic E-state index is 0.479. The van der Waals surface area contributed by atoms with Crippen LogP contribution in [-0.4, -0.2) is 27.2 Å². The average molecular weight is 396 g/mol. The van der Waals surface area contributed by atoms with Gasteiger partial charge in [-0.2, -0.15) is 4.98 Å². The van der Waals surface area contributed by atoms with E-state index in [1.165, 1.54) is 5.56 Å². The van der Waals surface area contributed by atoms with E-state index in [1.807, 2.05) is 49.4 Å². The predicted octanol–water partition coefficient (Wildman–Crippen LogP) is 5.57. The molecule has 2 aromatic heterocycles. The second-order valence-electron chi connectivity index (χ2n) is 7.29. The second-order valence-corrected chi connectivity index (χ2v) is 7.29. The Labute approximate surface area is 173 Å². The third kappa shape index (κ3) is 3.22. The Morgan fingerprint density at radius 3 is 2.37 bits per heavy atom. The molecule has 0 atom stereocenters. The van der Waals surface area contributed by atoms with Crippen LogP contribution in [0.3, 0.4) is 0 Å². The molecule has 2 heterocycles. The van der Waals surface area contributed by atoms with Crippen molar-refractivity contribution in [2.24, 2.45) is 0 Å². The smallest absolute Gasteiger partial charge is 0.258 e. The van der Waals surface area contributed by atoms with E-state index in [0.29, 0.717) is 11.7 Å². The Balaban J connectivity index is 1.42. The summed E-state index contributed by atoms with van der Waals surface area (Å²) in [6, 6.07) is 20.0. The van der Waals surface area contributed by atoms with Crippen molar-refractivity contribution < 1.29 is 9.26 Å². The number of benzene rings is 3. The SMILES string of the molecule is COc1ccc(-c2nc(-c3ccc(-c4nc5cc(C)ccc5[nH]4)cc3)no2)cc1C. The zero-order valence-corrected chi connectivity index (χ0v) is 16.9. The molecule has 0 saturated carbocycles. The van der Waals surface area contributed by atoms with E-state index in [0.717, 1.165) is 44.9 Å². The summed E-state index contributed by atoms with van der Waals surface area (Å²) in [4.78, 5) is 12.6. The molecular weight excluding hydrogens is 376 g/mol. The van der Waals surface area contributed by atoms with Crippen LogP contribution in [0.15, 0.2) is 65.2 Å². The molecule has 0 spiro atoms. The highest BCUT2D eigenvalue weighted by Crippen LogP contribution is 2.28. The molecule has 6 nitrogen and oxygen atoms in total. The minimum Gasteiger partial charge on any atom is -0.496 e. The molecule has 0 aliphatic heterocycles. The maximum atomic E-state index is 5.48. The van der Waals surface area contributed by atoms with Gasteiger partial charge in [-0.3, -0.25) is 0 Å². The normalized spacial score (nSPS) is 11.2. The van der Waals surface area contributed by atoms with Crippen LogP contribution in [0.4, 0.5) is 0 Å². The second kappa shape index (κ2) is 7.15. The Hall–Kier alpha value is -3.93. The van der Waals surface area contributed by atoms with Crippen molar-refractivity contribution in [1.82, 2.24) is 20.1 Å². The number of rotatable bonds is 4. The van der Waals surface area contributed by atoms with Crippen LogP contribution in [0.25, 0.3) is 45.3 Å². The number of aromatic amines is 1. The Kier molecular flexibility index (Phi) is 4.32.